The van der Waals surface area contributed by atoms with Crippen molar-refractivity contribution in [1.29, 1.82) is 0 Å². The van der Waals surface area contributed by atoms with Gasteiger partial charge in [-0.3, -0.25) is 4.90 Å². The van der Waals surface area contributed by atoms with Gasteiger partial charge in [0.1, 0.15) is 0 Å². The molecule has 0 spiro atoms. The zero-order valence-electron chi connectivity index (χ0n) is 13.8. The second kappa shape index (κ2) is 6.55. The van der Waals surface area contributed by atoms with Crippen LogP contribution in [0.4, 0.5) is 0 Å². The van der Waals surface area contributed by atoms with Crippen molar-refractivity contribution < 1.29 is 5.11 Å². The van der Waals surface area contributed by atoms with Crippen LogP contribution in [0, 0.1) is 11.3 Å². The van der Waals surface area contributed by atoms with E-state index in [-0.39, 0.29) is 12.1 Å². The Morgan fingerprint density at radius 1 is 1.37 bits per heavy atom. The van der Waals surface area contributed by atoms with Gasteiger partial charge in [0, 0.05) is 18.1 Å². The number of likely N-dealkylation sites (N-methyl/N-ethyl adjacent to an activating group) is 1. The normalized spacial score (nSPS) is 27.2. The van der Waals surface area contributed by atoms with Crippen LogP contribution in [0.1, 0.15) is 53.9 Å². The third-order valence-electron chi connectivity index (χ3n) is 5.02. The predicted molar refractivity (Wildman–Crippen MR) is 82.4 cm³/mol. The van der Waals surface area contributed by atoms with Crippen LogP contribution in [0.15, 0.2) is 0 Å². The van der Waals surface area contributed by atoms with E-state index in [0.29, 0.717) is 17.4 Å². The monoisotopic (exact) mass is 270 g/mol. The van der Waals surface area contributed by atoms with Gasteiger partial charge in [-0.05, 0) is 58.0 Å². The number of hydrogen-bond donors (Lipinski definition) is 2. The molecular formula is C16H34N2O. The minimum Gasteiger partial charge on any atom is -0.394 e. The summed E-state index contributed by atoms with van der Waals surface area (Å²) in [6.07, 6.45) is 3.78. The maximum absolute atomic E-state index is 9.49. The fourth-order valence-electron chi connectivity index (χ4n) is 3.18. The van der Waals surface area contributed by atoms with E-state index in [4.69, 9.17) is 0 Å². The molecule has 0 bridgehead atoms. The van der Waals surface area contributed by atoms with Crippen LogP contribution < -0.4 is 5.32 Å². The van der Waals surface area contributed by atoms with Crippen molar-refractivity contribution in [3.8, 4) is 0 Å². The Morgan fingerprint density at radius 3 is 2.53 bits per heavy atom. The molecule has 0 aromatic carbocycles. The Hall–Kier alpha value is -0.120. The summed E-state index contributed by atoms with van der Waals surface area (Å²) in [4.78, 5) is 2.32. The number of nitrogens with one attached hydrogen (secondary N) is 1. The summed E-state index contributed by atoms with van der Waals surface area (Å²) in [5, 5.41) is 13.2. The molecule has 0 amide bonds. The highest BCUT2D eigenvalue weighted by molar-refractivity contribution is 4.98. The van der Waals surface area contributed by atoms with Gasteiger partial charge in [0.2, 0.25) is 0 Å². The molecule has 19 heavy (non-hydrogen) atoms. The zero-order chi connectivity index (χ0) is 14.7. The fourth-order valence-corrected chi connectivity index (χ4v) is 3.18. The molecule has 1 aliphatic rings. The van der Waals surface area contributed by atoms with E-state index in [1.54, 1.807) is 0 Å². The molecule has 2 N–H and O–H groups in total. The lowest BCUT2D eigenvalue weighted by Crippen LogP contribution is -2.50. The molecule has 3 nitrogen and oxygen atoms in total. The minimum atomic E-state index is -0.123. The molecule has 0 aliphatic heterocycles. The average Bonchev–Trinajstić information content (AvgIpc) is 2.62. The van der Waals surface area contributed by atoms with Crippen LogP contribution in [0.5, 0.6) is 0 Å². The molecule has 1 saturated carbocycles. The standard InChI is InChI=1S/C16H34N2O/c1-7-10-17-14-13(8-9-15(14,2)3)11-18(6)16(4,5)12-19/h13-14,17,19H,7-12H2,1-6H3. The van der Waals surface area contributed by atoms with Crippen LogP contribution in [0.2, 0.25) is 0 Å². The van der Waals surface area contributed by atoms with E-state index in [1.165, 1.54) is 19.3 Å². The first-order valence-electron chi connectivity index (χ1n) is 7.80. The maximum atomic E-state index is 9.49. The van der Waals surface area contributed by atoms with Gasteiger partial charge in [0.05, 0.1) is 6.61 Å². The SMILES string of the molecule is CCCNC1C(CN(C)C(C)(C)CO)CCC1(C)C. The van der Waals surface area contributed by atoms with E-state index in [2.05, 4.69) is 51.9 Å². The van der Waals surface area contributed by atoms with Crippen LogP contribution in [-0.2, 0) is 0 Å². The van der Waals surface area contributed by atoms with Gasteiger partial charge < -0.3 is 10.4 Å². The molecule has 0 aromatic rings. The van der Waals surface area contributed by atoms with Crippen LogP contribution in [-0.4, -0.2) is 48.3 Å². The number of aliphatic hydroxyl groups excluding tert-OH is 1. The maximum Gasteiger partial charge on any atom is 0.0609 e. The first-order chi connectivity index (χ1) is 8.74. The first-order valence-corrected chi connectivity index (χ1v) is 7.80. The number of rotatable bonds is 7. The lowest BCUT2D eigenvalue weighted by Gasteiger charge is -2.39. The predicted octanol–water partition coefficient (Wildman–Crippen LogP) is 2.49. The number of nitrogens with zero attached hydrogens (tertiary/aromatic N) is 1. The van der Waals surface area contributed by atoms with Gasteiger partial charge in [0.25, 0.3) is 0 Å². The van der Waals surface area contributed by atoms with Crippen molar-refractivity contribution >= 4 is 0 Å². The van der Waals surface area contributed by atoms with E-state index < -0.39 is 0 Å². The summed E-state index contributed by atoms with van der Waals surface area (Å²) in [5.74, 6) is 0.692. The number of hydrogen-bond acceptors (Lipinski definition) is 3. The lowest BCUT2D eigenvalue weighted by molar-refractivity contribution is 0.0601. The van der Waals surface area contributed by atoms with Crippen molar-refractivity contribution in [3.63, 3.8) is 0 Å². The summed E-state index contributed by atoms with van der Waals surface area (Å²) in [6.45, 7) is 13.6. The largest absolute Gasteiger partial charge is 0.394 e. The van der Waals surface area contributed by atoms with Gasteiger partial charge in [-0.1, -0.05) is 20.8 Å². The molecule has 0 aromatic heterocycles. The van der Waals surface area contributed by atoms with E-state index in [0.717, 1.165) is 13.1 Å². The van der Waals surface area contributed by atoms with E-state index in [1.807, 2.05) is 0 Å². The summed E-state index contributed by atoms with van der Waals surface area (Å²) >= 11 is 0. The van der Waals surface area contributed by atoms with E-state index in [9.17, 15) is 5.11 Å². The Kier molecular flexibility index (Phi) is 5.84. The quantitative estimate of drug-likeness (QED) is 0.746. The Bertz CT molecular complexity index is 276. The molecule has 0 heterocycles. The summed E-state index contributed by atoms with van der Waals surface area (Å²) in [5.41, 5.74) is 0.270. The third-order valence-corrected chi connectivity index (χ3v) is 5.02. The Balaban J connectivity index is 2.66. The van der Waals surface area contributed by atoms with Crippen molar-refractivity contribution in [2.45, 2.75) is 65.5 Å². The molecule has 0 saturated heterocycles. The van der Waals surface area contributed by atoms with Crippen LogP contribution >= 0.6 is 0 Å². The Morgan fingerprint density at radius 2 is 2.00 bits per heavy atom. The molecular weight excluding hydrogens is 236 g/mol. The van der Waals surface area contributed by atoms with Crippen molar-refractivity contribution in [1.82, 2.24) is 10.2 Å². The highest BCUT2D eigenvalue weighted by atomic mass is 16.3. The average molecular weight is 270 g/mol. The highest BCUT2D eigenvalue weighted by Crippen LogP contribution is 2.42. The molecule has 0 radical (unpaired) electrons. The molecule has 2 atom stereocenters. The fraction of sp³-hybridized carbons (Fsp3) is 1.00. The first kappa shape index (κ1) is 16.9. The summed E-state index contributed by atoms with van der Waals surface area (Å²) in [6, 6.07) is 0.601. The minimum absolute atomic E-state index is 0.123. The van der Waals surface area contributed by atoms with Gasteiger partial charge in [-0.25, -0.2) is 0 Å². The van der Waals surface area contributed by atoms with Gasteiger partial charge in [-0.2, -0.15) is 0 Å². The van der Waals surface area contributed by atoms with Crippen molar-refractivity contribution in [2.75, 3.05) is 26.7 Å². The third kappa shape index (κ3) is 4.17. The van der Waals surface area contributed by atoms with Crippen LogP contribution in [0.25, 0.3) is 0 Å². The zero-order valence-corrected chi connectivity index (χ0v) is 13.8. The van der Waals surface area contributed by atoms with Crippen LogP contribution in [0.3, 0.4) is 0 Å². The summed E-state index contributed by atoms with van der Waals surface area (Å²) < 4.78 is 0. The number of aliphatic hydroxyl groups is 1. The summed E-state index contributed by atoms with van der Waals surface area (Å²) in [7, 11) is 2.14. The topological polar surface area (TPSA) is 35.5 Å². The van der Waals surface area contributed by atoms with Crippen molar-refractivity contribution in [2.24, 2.45) is 11.3 Å². The second-order valence-corrected chi connectivity index (χ2v) is 7.57. The molecule has 3 heteroatoms. The second-order valence-electron chi connectivity index (χ2n) is 7.57. The smallest absolute Gasteiger partial charge is 0.0609 e. The molecule has 1 fully saturated rings. The lowest BCUT2D eigenvalue weighted by atomic mass is 9.84. The van der Waals surface area contributed by atoms with E-state index >= 15 is 0 Å². The highest BCUT2D eigenvalue weighted by Gasteiger charge is 2.42. The van der Waals surface area contributed by atoms with Crippen molar-refractivity contribution in [3.05, 3.63) is 0 Å². The molecule has 1 rings (SSSR count). The molecule has 2 unspecified atom stereocenters. The van der Waals surface area contributed by atoms with Gasteiger partial charge in [0.15, 0.2) is 0 Å². The molecule has 1 aliphatic carbocycles. The Labute approximate surface area is 119 Å². The van der Waals surface area contributed by atoms with Gasteiger partial charge in [-0.15, -0.1) is 0 Å². The molecule has 114 valence electrons. The van der Waals surface area contributed by atoms with Gasteiger partial charge >= 0.3 is 0 Å².